The molecule has 1 aromatic heterocycles. The summed E-state index contributed by atoms with van der Waals surface area (Å²) in [5, 5.41) is 6.74. The Morgan fingerprint density at radius 2 is 2.16 bits per heavy atom. The lowest BCUT2D eigenvalue weighted by molar-refractivity contribution is 0.173. The number of nitrogens with zero attached hydrogens (tertiary/aromatic N) is 1. The molecule has 100 valence electrons. The standard InChI is InChI=1S/C13H14N2O4/c1-14-5-10-2-12-13(18-8-17-12)3-11(10)16-6-9-4-15-19-7-9/h2-4,7,14H,5-6,8H2,1H3. The monoisotopic (exact) mass is 262 g/mol. The van der Waals surface area contributed by atoms with Gasteiger partial charge in [-0.25, -0.2) is 0 Å². The van der Waals surface area contributed by atoms with Gasteiger partial charge in [0.15, 0.2) is 11.5 Å². The van der Waals surface area contributed by atoms with E-state index in [1.165, 1.54) is 0 Å². The second-order valence-electron chi connectivity index (χ2n) is 4.16. The molecule has 0 spiro atoms. The molecule has 3 rings (SSSR count). The highest BCUT2D eigenvalue weighted by molar-refractivity contribution is 5.51. The molecule has 0 fully saturated rings. The van der Waals surface area contributed by atoms with E-state index >= 15 is 0 Å². The molecule has 6 nitrogen and oxygen atoms in total. The molecule has 0 atom stereocenters. The lowest BCUT2D eigenvalue weighted by atomic mass is 10.1. The smallest absolute Gasteiger partial charge is 0.231 e. The van der Waals surface area contributed by atoms with Gasteiger partial charge in [0.1, 0.15) is 18.6 Å². The Balaban J connectivity index is 1.82. The summed E-state index contributed by atoms with van der Waals surface area (Å²) in [6.07, 6.45) is 3.19. The minimum absolute atomic E-state index is 0.253. The molecule has 0 saturated heterocycles. The molecule has 1 N–H and O–H groups in total. The summed E-state index contributed by atoms with van der Waals surface area (Å²) in [6, 6.07) is 3.78. The predicted molar refractivity (Wildman–Crippen MR) is 66.2 cm³/mol. The van der Waals surface area contributed by atoms with Crippen molar-refractivity contribution < 1.29 is 18.7 Å². The molecule has 2 aromatic rings. The van der Waals surface area contributed by atoms with Gasteiger partial charge in [0.2, 0.25) is 6.79 Å². The third-order valence-electron chi connectivity index (χ3n) is 2.80. The molecule has 1 aliphatic heterocycles. The number of fused-ring (bicyclic) bond motifs is 1. The van der Waals surface area contributed by atoms with Gasteiger partial charge in [0.05, 0.1) is 6.20 Å². The highest BCUT2D eigenvalue weighted by atomic mass is 16.7. The molecule has 0 unspecified atom stereocenters. The van der Waals surface area contributed by atoms with Crippen LogP contribution in [0.15, 0.2) is 29.1 Å². The summed E-state index contributed by atoms with van der Waals surface area (Å²) < 4.78 is 21.3. The molecule has 0 radical (unpaired) electrons. The third kappa shape index (κ3) is 2.48. The zero-order chi connectivity index (χ0) is 13.1. The maximum absolute atomic E-state index is 5.78. The molecule has 1 aromatic carbocycles. The molecule has 19 heavy (non-hydrogen) atoms. The van der Waals surface area contributed by atoms with Crippen LogP contribution in [-0.2, 0) is 13.2 Å². The SMILES string of the molecule is CNCc1cc2c(cc1OCc1cnoc1)OCO2. The first kappa shape index (κ1) is 11.9. The minimum Gasteiger partial charge on any atom is -0.488 e. The Hall–Kier alpha value is -2.21. The van der Waals surface area contributed by atoms with Crippen LogP contribution in [0.25, 0.3) is 0 Å². The van der Waals surface area contributed by atoms with E-state index in [-0.39, 0.29) is 6.79 Å². The number of aromatic nitrogens is 1. The molecule has 0 saturated carbocycles. The van der Waals surface area contributed by atoms with E-state index in [2.05, 4.69) is 10.5 Å². The second kappa shape index (κ2) is 5.19. The highest BCUT2D eigenvalue weighted by Gasteiger charge is 2.18. The molecule has 1 aliphatic rings. The third-order valence-corrected chi connectivity index (χ3v) is 2.80. The van der Waals surface area contributed by atoms with Crippen molar-refractivity contribution in [2.24, 2.45) is 0 Å². The average molecular weight is 262 g/mol. The van der Waals surface area contributed by atoms with Crippen LogP contribution in [-0.4, -0.2) is 19.0 Å². The van der Waals surface area contributed by atoms with E-state index < -0.39 is 0 Å². The van der Waals surface area contributed by atoms with Crippen molar-refractivity contribution in [3.63, 3.8) is 0 Å². The second-order valence-corrected chi connectivity index (χ2v) is 4.16. The number of hydrogen-bond acceptors (Lipinski definition) is 6. The fourth-order valence-corrected chi connectivity index (χ4v) is 1.89. The van der Waals surface area contributed by atoms with Crippen LogP contribution in [0.2, 0.25) is 0 Å². The van der Waals surface area contributed by atoms with E-state index in [0.717, 1.165) is 22.6 Å². The number of ether oxygens (including phenoxy) is 3. The van der Waals surface area contributed by atoms with Crippen molar-refractivity contribution in [1.29, 1.82) is 0 Å². The van der Waals surface area contributed by atoms with Crippen molar-refractivity contribution in [2.45, 2.75) is 13.2 Å². The molecule has 0 aliphatic carbocycles. The summed E-state index contributed by atoms with van der Waals surface area (Å²) >= 11 is 0. The molecule has 0 bridgehead atoms. The zero-order valence-corrected chi connectivity index (χ0v) is 10.5. The quantitative estimate of drug-likeness (QED) is 0.884. The maximum Gasteiger partial charge on any atom is 0.231 e. The van der Waals surface area contributed by atoms with Crippen LogP contribution in [0, 0.1) is 0 Å². The van der Waals surface area contributed by atoms with E-state index in [1.807, 2.05) is 19.2 Å². The lowest BCUT2D eigenvalue weighted by Crippen LogP contribution is -2.07. The molecule has 6 heteroatoms. The molecule has 0 amide bonds. The molecule has 2 heterocycles. The van der Waals surface area contributed by atoms with Crippen LogP contribution in [0.5, 0.6) is 17.2 Å². The van der Waals surface area contributed by atoms with Gasteiger partial charge >= 0.3 is 0 Å². The van der Waals surface area contributed by atoms with E-state index in [9.17, 15) is 0 Å². The van der Waals surface area contributed by atoms with Crippen molar-refractivity contribution in [1.82, 2.24) is 10.5 Å². The Morgan fingerprint density at radius 1 is 1.32 bits per heavy atom. The van der Waals surface area contributed by atoms with Gasteiger partial charge in [-0.3, -0.25) is 0 Å². The van der Waals surface area contributed by atoms with Crippen LogP contribution in [0.3, 0.4) is 0 Å². The van der Waals surface area contributed by atoms with Gasteiger partial charge in [-0.1, -0.05) is 5.16 Å². The Labute approximate surface area is 110 Å². The zero-order valence-electron chi connectivity index (χ0n) is 10.5. The van der Waals surface area contributed by atoms with E-state index in [4.69, 9.17) is 18.7 Å². The molecular formula is C13H14N2O4. The minimum atomic E-state index is 0.253. The Morgan fingerprint density at radius 3 is 2.89 bits per heavy atom. The highest BCUT2D eigenvalue weighted by Crippen LogP contribution is 2.38. The van der Waals surface area contributed by atoms with Gasteiger partial charge in [-0.15, -0.1) is 0 Å². The maximum atomic E-state index is 5.78. The van der Waals surface area contributed by atoms with Crippen LogP contribution in [0.1, 0.15) is 11.1 Å². The van der Waals surface area contributed by atoms with Crippen molar-refractivity contribution in [3.8, 4) is 17.2 Å². The number of hydrogen-bond donors (Lipinski definition) is 1. The summed E-state index contributed by atoms with van der Waals surface area (Å²) in [7, 11) is 1.88. The first-order valence-corrected chi connectivity index (χ1v) is 5.95. The first-order valence-electron chi connectivity index (χ1n) is 5.95. The van der Waals surface area contributed by atoms with Crippen molar-refractivity contribution in [2.75, 3.05) is 13.8 Å². The number of rotatable bonds is 5. The van der Waals surface area contributed by atoms with Crippen LogP contribution >= 0.6 is 0 Å². The summed E-state index contributed by atoms with van der Waals surface area (Å²) in [6.45, 7) is 1.35. The normalized spacial score (nSPS) is 12.7. The summed E-state index contributed by atoms with van der Waals surface area (Å²) in [4.78, 5) is 0. The van der Waals surface area contributed by atoms with Gasteiger partial charge < -0.3 is 24.1 Å². The largest absolute Gasteiger partial charge is 0.488 e. The number of benzene rings is 1. The predicted octanol–water partition coefficient (Wildman–Crippen LogP) is 1.70. The fourth-order valence-electron chi connectivity index (χ4n) is 1.89. The van der Waals surface area contributed by atoms with Crippen LogP contribution in [0.4, 0.5) is 0 Å². The van der Waals surface area contributed by atoms with Crippen molar-refractivity contribution >= 4 is 0 Å². The summed E-state index contributed by atoms with van der Waals surface area (Å²) in [5.74, 6) is 2.22. The van der Waals surface area contributed by atoms with Gasteiger partial charge in [0.25, 0.3) is 0 Å². The topological polar surface area (TPSA) is 65.8 Å². The van der Waals surface area contributed by atoms with Gasteiger partial charge in [0, 0.05) is 23.7 Å². The van der Waals surface area contributed by atoms with Gasteiger partial charge in [-0.2, -0.15) is 0 Å². The van der Waals surface area contributed by atoms with Gasteiger partial charge in [-0.05, 0) is 13.1 Å². The Kier molecular flexibility index (Phi) is 3.24. The summed E-state index contributed by atoms with van der Waals surface area (Å²) in [5.41, 5.74) is 1.90. The first-order chi connectivity index (χ1) is 9.36. The van der Waals surface area contributed by atoms with Crippen LogP contribution < -0.4 is 19.5 Å². The lowest BCUT2D eigenvalue weighted by Gasteiger charge is -2.11. The number of nitrogens with one attached hydrogen (secondary N) is 1. The fraction of sp³-hybridized carbons (Fsp3) is 0.308. The Bertz CT molecular complexity index is 554. The average Bonchev–Trinajstić information content (AvgIpc) is 3.07. The van der Waals surface area contributed by atoms with Crippen molar-refractivity contribution in [3.05, 3.63) is 35.7 Å². The van der Waals surface area contributed by atoms with E-state index in [0.29, 0.717) is 18.9 Å². The molecular weight excluding hydrogens is 248 g/mol. The van der Waals surface area contributed by atoms with E-state index in [1.54, 1.807) is 12.5 Å².